The van der Waals surface area contributed by atoms with Crippen molar-refractivity contribution in [1.29, 1.82) is 0 Å². The maximum Gasteiger partial charge on any atom is 0.193 e. The molecule has 0 heterocycles. The minimum atomic E-state index is 0.0454. The zero-order chi connectivity index (χ0) is 15.2. The first-order chi connectivity index (χ1) is 10.1. The number of hydrogen-bond donors (Lipinski definition) is 1. The van der Waals surface area contributed by atoms with Crippen LogP contribution in [0, 0.1) is 0 Å². The Labute approximate surface area is 130 Å². The summed E-state index contributed by atoms with van der Waals surface area (Å²) in [5.74, 6) is 1.19. The van der Waals surface area contributed by atoms with Crippen molar-refractivity contribution >= 4 is 17.5 Å². The Balaban J connectivity index is 2.12. The molecule has 0 radical (unpaired) electrons. The molecule has 0 saturated carbocycles. The number of rotatable bonds is 6. The van der Waals surface area contributed by atoms with Crippen molar-refractivity contribution in [2.45, 2.75) is 24.7 Å². The van der Waals surface area contributed by atoms with Gasteiger partial charge in [-0.3, -0.25) is 4.79 Å². The van der Waals surface area contributed by atoms with Crippen LogP contribution in [0.2, 0.25) is 0 Å². The first-order valence-electron chi connectivity index (χ1n) is 7.10. The molecule has 0 aliphatic rings. The van der Waals surface area contributed by atoms with Crippen molar-refractivity contribution in [3.05, 3.63) is 65.2 Å². The maximum absolute atomic E-state index is 12.4. The molecule has 2 aromatic rings. The molecule has 0 aliphatic heterocycles. The molecule has 0 saturated heterocycles. The van der Waals surface area contributed by atoms with E-state index in [1.54, 1.807) is 11.8 Å². The van der Waals surface area contributed by atoms with Gasteiger partial charge in [-0.15, -0.1) is 11.8 Å². The largest absolute Gasteiger partial charge is 0.396 e. The van der Waals surface area contributed by atoms with Crippen molar-refractivity contribution in [2.75, 3.05) is 12.4 Å². The molecule has 0 bridgehead atoms. The van der Waals surface area contributed by atoms with Gasteiger partial charge in [-0.2, -0.15) is 0 Å². The topological polar surface area (TPSA) is 37.3 Å². The summed E-state index contributed by atoms with van der Waals surface area (Å²) >= 11 is 1.58. The first-order valence-corrected chi connectivity index (χ1v) is 8.08. The molecule has 0 amide bonds. The highest BCUT2D eigenvalue weighted by molar-refractivity contribution is 7.99. The van der Waals surface area contributed by atoms with Crippen molar-refractivity contribution in [3.8, 4) is 0 Å². The van der Waals surface area contributed by atoms with E-state index in [2.05, 4.69) is 13.8 Å². The van der Waals surface area contributed by atoms with E-state index in [4.69, 9.17) is 5.11 Å². The Morgan fingerprint density at radius 3 is 2.00 bits per heavy atom. The zero-order valence-corrected chi connectivity index (χ0v) is 13.2. The SMILES string of the molecule is CC(C)c1ccc(C(=O)c2ccc(SCCO)cc2)cc1. The third-order valence-corrected chi connectivity index (χ3v) is 4.31. The predicted octanol–water partition coefficient (Wildman–Crippen LogP) is 4.13. The quantitative estimate of drug-likeness (QED) is 0.644. The molecule has 2 rings (SSSR count). The number of thioether (sulfide) groups is 1. The van der Waals surface area contributed by atoms with E-state index in [1.807, 2.05) is 48.5 Å². The fourth-order valence-corrected chi connectivity index (χ4v) is 2.71. The smallest absolute Gasteiger partial charge is 0.193 e. The number of aliphatic hydroxyl groups is 1. The van der Waals surface area contributed by atoms with Crippen LogP contribution in [0.15, 0.2) is 53.4 Å². The van der Waals surface area contributed by atoms with Gasteiger partial charge in [0, 0.05) is 21.8 Å². The lowest BCUT2D eigenvalue weighted by Gasteiger charge is -2.07. The van der Waals surface area contributed by atoms with E-state index in [0.717, 1.165) is 10.5 Å². The van der Waals surface area contributed by atoms with Crippen LogP contribution in [0.3, 0.4) is 0 Å². The monoisotopic (exact) mass is 300 g/mol. The molecule has 0 atom stereocenters. The molecule has 0 unspecified atom stereocenters. The average Bonchev–Trinajstić information content (AvgIpc) is 2.53. The Morgan fingerprint density at radius 1 is 1.00 bits per heavy atom. The second-order valence-electron chi connectivity index (χ2n) is 5.20. The van der Waals surface area contributed by atoms with E-state index >= 15 is 0 Å². The summed E-state index contributed by atoms with van der Waals surface area (Å²) in [7, 11) is 0. The van der Waals surface area contributed by atoms with Crippen molar-refractivity contribution in [3.63, 3.8) is 0 Å². The van der Waals surface area contributed by atoms with Crippen LogP contribution in [0.1, 0.15) is 41.3 Å². The van der Waals surface area contributed by atoms with Gasteiger partial charge in [0.25, 0.3) is 0 Å². The van der Waals surface area contributed by atoms with Crippen molar-refractivity contribution < 1.29 is 9.90 Å². The average molecular weight is 300 g/mol. The van der Waals surface area contributed by atoms with Gasteiger partial charge in [0.05, 0.1) is 6.61 Å². The van der Waals surface area contributed by atoms with Gasteiger partial charge >= 0.3 is 0 Å². The van der Waals surface area contributed by atoms with Crippen molar-refractivity contribution in [2.24, 2.45) is 0 Å². The molecular weight excluding hydrogens is 280 g/mol. The minimum Gasteiger partial charge on any atom is -0.396 e. The lowest BCUT2D eigenvalue weighted by atomic mass is 9.98. The molecule has 0 fully saturated rings. The van der Waals surface area contributed by atoms with Crippen LogP contribution in [0.25, 0.3) is 0 Å². The van der Waals surface area contributed by atoms with E-state index in [9.17, 15) is 4.79 Å². The highest BCUT2D eigenvalue weighted by Crippen LogP contribution is 2.20. The van der Waals surface area contributed by atoms with Gasteiger partial charge in [-0.05, 0) is 35.7 Å². The molecule has 0 spiro atoms. The highest BCUT2D eigenvalue weighted by atomic mass is 32.2. The zero-order valence-electron chi connectivity index (χ0n) is 12.4. The van der Waals surface area contributed by atoms with Gasteiger partial charge in [-0.25, -0.2) is 0 Å². The molecule has 0 aromatic heterocycles. The summed E-state index contributed by atoms with van der Waals surface area (Å²) in [6.07, 6.45) is 0. The maximum atomic E-state index is 12.4. The highest BCUT2D eigenvalue weighted by Gasteiger charge is 2.09. The van der Waals surface area contributed by atoms with Crippen LogP contribution in [0.4, 0.5) is 0 Å². The van der Waals surface area contributed by atoms with E-state index in [1.165, 1.54) is 5.56 Å². The van der Waals surface area contributed by atoms with Crippen LogP contribution in [-0.4, -0.2) is 23.2 Å². The lowest BCUT2D eigenvalue weighted by Crippen LogP contribution is -2.01. The normalized spacial score (nSPS) is 10.9. The molecule has 1 N–H and O–H groups in total. The summed E-state index contributed by atoms with van der Waals surface area (Å²) in [6.45, 7) is 4.44. The Bertz CT molecular complexity index is 586. The van der Waals surface area contributed by atoms with Gasteiger partial charge in [0.2, 0.25) is 0 Å². The number of carbonyl (C=O) groups excluding carboxylic acids is 1. The number of ketones is 1. The minimum absolute atomic E-state index is 0.0454. The number of hydrogen-bond acceptors (Lipinski definition) is 3. The summed E-state index contributed by atoms with van der Waals surface area (Å²) in [4.78, 5) is 13.5. The standard InChI is InChI=1S/C18H20O2S/c1-13(2)14-3-5-15(6-4-14)18(20)16-7-9-17(10-8-16)21-12-11-19/h3-10,13,19H,11-12H2,1-2H3. The molecule has 2 nitrogen and oxygen atoms in total. The molecule has 3 heteroatoms. The van der Waals surface area contributed by atoms with Gasteiger partial charge in [0.15, 0.2) is 5.78 Å². The molecular formula is C18H20O2S. The number of carbonyl (C=O) groups is 1. The van der Waals surface area contributed by atoms with Crippen LogP contribution >= 0.6 is 11.8 Å². The number of benzene rings is 2. The van der Waals surface area contributed by atoms with Crippen LogP contribution < -0.4 is 0 Å². The molecule has 21 heavy (non-hydrogen) atoms. The van der Waals surface area contributed by atoms with Gasteiger partial charge in [0.1, 0.15) is 0 Å². The fraction of sp³-hybridized carbons (Fsp3) is 0.278. The molecule has 2 aromatic carbocycles. The Hall–Kier alpha value is -1.58. The molecule has 0 aliphatic carbocycles. The third-order valence-electron chi connectivity index (χ3n) is 3.32. The summed E-state index contributed by atoms with van der Waals surface area (Å²) in [5, 5.41) is 8.81. The summed E-state index contributed by atoms with van der Waals surface area (Å²) < 4.78 is 0. The molecule has 110 valence electrons. The first kappa shape index (κ1) is 15.8. The van der Waals surface area contributed by atoms with Gasteiger partial charge in [-0.1, -0.05) is 38.1 Å². The van der Waals surface area contributed by atoms with Crippen LogP contribution in [-0.2, 0) is 0 Å². The van der Waals surface area contributed by atoms with Crippen molar-refractivity contribution in [1.82, 2.24) is 0 Å². The number of aliphatic hydroxyl groups excluding tert-OH is 1. The Morgan fingerprint density at radius 2 is 1.52 bits per heavy atom. The van der Waals surface area contributed by atoms with E-state index < -0.39 is 0 Å². The Kier molecular flexibility index (Phi) is 5.59. The fourth-order valence-electron chi connectivity index (χ4n) is 2.05. The van der Waals surface area contributed by atoms with Crippen LogP contribution in [0.5, 0.6) is 0 Å². The third kappa shape index (κ3) is 4.19. The predicted molar refractivity (Wildman–Crippen MR) is 88.2 cm³/mol. The second-order valence-corrected chi connectivity index (χ2v) is 6.37. The van der Waals surface area contributed by atoms with E-state index in [0.29, 0.717) is 17.2 Å². The van der Waals surface area contributed by atoms with Gasteiger partial charge < -0.3 is 5.11 Å². The summed E-state index contributed by atoms with van der Waals surface area (Å²) in [5.41, 5.74) is 2.65. The van der Waals surface area contributed by atoms with E-state index in [-0.39, 0.29) is 12.4 Å². The second kappa shape index (κ2) is 7.43. The summed E-state index contributed by atoms with van der Waals surface area (Å²) in [6, 6.07) is 15.4. The lowest BCUT2D eigenvalue weighted by molar-refractivity contribution is 0.103.